The van der Waals surface area contributed by atoms with Crippen LogP contribution in [0.2, 0.25) is 0 Å². The molecule has 0 aliphatic rings. The molecule has 0 spiro atoms. The van der Waals surface area contributed by atoms with Gasteiger partial charge < -0.3 is 0 Å². The molecule has 0 aliphatic carbocycles. The smallest absolute Gasteiger partial charge is 0.0913 e. The topological polar surface area (TPSA) is 16.8 Å². The molecule has 0 fully saturated rings. The summed E-state index contributed by atoms with van der Waals surface area (Å²) in [6.07, 6.45) is 4.60. The summed E-state index contributed by atoms with van der Waals surface area (Å²) in [5, 5.41) is 4.05. The van der Waals surface area contributed by atoms with Crippen molar-refractivity contribution in [1.82, 2.24) is 5.10 Å². The maximum atomic E-state index is 4.05. The fourth-order valence-corrected chi connectivity index (χ4v) is 0.656. The summed E-state index contributed by atoms with van der Waals surface area (Å²) in [5.41, 5.74) is 0. The van der Waals surface area contributed by atoms with Crippen LogP contribution in [-0.4, -0.2) is 5.10 Å². The monoisotopic (exact) mass is 122 g/mol. The molecule has 47 valence electrons. The Hall–Kier alpha value is -0.920. The van der Waals surface area contributed by atoms with E-state index in [-0.39, 0.29) is 0 Å². The Kier molecular flexibility index (Phi) is 2.19. The van der Waals surface area contributed by atoms with Crippen molar-refractivity contribution < 1.29 is 4.68 Å². The third-order valence-electron chi connectivity index (χ3n) is 1.06. The summed E-state index contributed by atoms with van der Waals surface area (Å²) in [6.45, 7) is 4.62. The van der Waals surface area contributed by atoms with Gasteiger partial charge in [0, 0.05) is 12.5 Å². The molecular weight excluding hydrogens is 112 g/mol. The zero-order chi connectivity index (χ0) is 6.53. The van der Waals surface area contributed by atoms with Crippen molar-refractivity contribution in [2.24, 2.45) is 0 Å². The highest BCUT2D eigenvalue weighted by Gasteiger charge is 1.93. The van der Waals surface area contributed by atoms with Gasteiger partial charge in [0.15, 0.2) is 12.7 Å². The van der Waals surface area contributed by atoms with Crippen molar-refractivity contribution in [2.45, 2.75) is 13.0 Å². The normalized spacial score (nSPS) is 9.44. The average Bonchev–Trinajstić information content (AvgIpc) is 1.91. The number of hydrogen-bond donors (Lipinski definition) is 0. The van der Waals surface area contributed by atoms with Crippen molar-refractivity contribution in [1.29, 1.82) is 0 Å². The van der Waals surface area contributed by atoms with E-state index in [1.54, 1.807) is 6.20 Å². The van der Waals surface area contributed by atoms with E-state index in [2.05, 4.69) is 12.0 Å². The van der Waals surface area contributed by atoms with Crippen molar-refractivity contribution in [3.05, 3.63) is 31.5 Å². The Morgan fingerprint density at radius 1 is 1.44 bits per heavy atom. The molecule has 0 atom stereocenters. The molecule has 0 bridgehead atoms. The number of rotatable bonds is 2. The SMILES string of the molecule is [CH2]CC[n+]1ccccn1. The number of nitrogens with zero attached hydrogens (tertiary/aromatic N) is 2. The van der Waals surface area contributed by atoms with Crippen LogP contribution in [0.5, 0.6) is 0 Å². The molecule has 1 aromatic rings. The van der Waals surface area contributed by atoms with Gasteiger partial charge in [-0.3, -0.25) is 0 Å². The Balaban J connectivity index is 2.61. The first-order chi connectivity index (χ1) is 4.43. The standard InChI is InChI=1S/C7H10N2/c1-2-6-9-7-4-3-5-8-9/h3-5,7H,1-2,6H2/q+1. The van der Waals surface area contributed by atoms with Gasteiger partial charge in [-0.2, -0.15) is 0 Å². The lowest BCUT2D eigenvalue weighted by atomic mass is 10.5. The van der Waals surface area contributed by atoms with Crippen molar-refractivity contribution in [3.63, 3.8) is 0 Å². The van der Waals surface area contributed by atoms with Gasteiger partial charge in [0.25, 0.3) is 0 Å². The minimum absolute atomic E-state index is 0.891. The highest BCUT2D eigenvalue weighted by Crippen LogP contribution is 1.74. The third-order valence-corrected chi connectivity index (χ3v) is 1.06. The zero-order valence-electron chi connectivity index (χ0n) is 5.33. The van der Waals surface area contributed by atoms with Crippen LogP contribution in [0.25, 0.3) is 0 Å². The van der Waals surface area contributed by atoms with Gasteiger partial charge in [-0.1, -0.05) is 4.68 Å². The van der Waals surface area contributed by atoms with Crippen LogP contribution in [-0.2, 0) is 6.54 Å². The Morgan fingerprint density at radius 2 is 2.33 bits per heavy atom. The maximum absolute atomic E-state index is 4.05. The van der Waals surface area contributed by atoms with E-state index in [0.29, 0.717) is 0 Å². The van der Waals surface area contributed by atoms with Crippen molar-refractivity contribution >= 4 is 0 Å². The summed E-state index contributed by atoms with van der Waals surface area (Å²) in [5.74, 6) is 0. The lowest BCUT2D eigenvalue weighted by molar-refractivity contribution is -0.753. The third kappa shape index (κ3) is 1.80. The maximum Gasteiger partial charge on any atom is 0.196 e. The van der Waals surface area contributed by atoms with Gasteiger partial charge >= 0.3 is 0 Å². The van der Waals surface area contributed by atoms with E-state index >= 15 is 0 Å². The molecule has 1 rings (SSSR count). The van der Waals surface area contributed by atoms with Gasteiger partial charge in [-0.25, -0.2) is 0 Å². The molecule has 1 aromatic heterocycles. The van der Waals surface area contributed by atoms with E-state index < -0.39 is 0 Å². The summed E-state index contributed by atoms with van der Waals surface area (Å²) in [6, 6.07) is 3.86. The van der Waals surface area contributed by atoms with E-state index in [1.165, 1.54) is 0 Å². The Bertz CT molecular complexity index is 160. The molecule has 0 unspecified atom stereocenters. The lowest BCUT2D eigenvalue weighted by Crippen LogP contribution is -2.36. The first-order valence-corrected chi connectivity index (χ1v) is 3.03. The molecule has 0 amide bonds. The van der Waals surface area contributed by atoms with Gasteiger partial charge in [-0.15, -0.1) is 0 Å². The van der Waals surface area contributed by atoms with Crippen LogP contribution in [0, 0.1) is 6.92 Å². The van der Waals surface area contributed by atoms with Gasteiger partial charge in [-0.05, 0) is 18.1 Å². The summed E-state index contributed by atoms with van der Waals surface area (Å²) < 4.78 is 1.87. The number of aromatic nitrogens is 2. The predicted molar refractivity (Wildman–Crippen MR) is 34.4 cm³/mol. The summed E-state index contributed by atoms with van der Waals surface area (Å²) in [4.78, 5) is 0. The molecule has 1 radical (unpaired) electrons. The molecule has 2 nitrogen and oxygen atoms in total. The van der Waals surface area contributed by atoms with Gasteiger partial charge in [0.05, 0.1) is 6.20 Å². The van der Waals surface area contributed by atoms with Crippen LogP contribution < -0.4 is 4.68 Å². The fourth-order valence-electron chi connectivity index (χ4n) is 0.656. The van der Waals surface area contributed by atoms with E-state index in [9.17, 15) is 0 Å². The van der Waals surface area contributed by atoms with Crippen molar-refractivity contribution in [3.8, 4) is 0 Å². The van der Waals surface area contributed by atoms with E-state index in [1.807, 2.05) is 23.0 Å². The van der Waals surface area contributed by atoms with Crippen LogP contribution in [0.4, 0.5) is 0 Å². The van der Waals surface area contributed by atoms with Gasteiger partial charge in [0.2, 0.25) is 0 Å². The van der Waals surface area contributed by atoms with Crippen LogP contribution in [0.1, 0.15) is 6.42 Å². The number of hydrogen-bond acceptors (Lipinski definition) is 1. The second kappa shape index (κ2) is 3.17. The predicted octanol–water partition coefficient (Wildman–Crippen LogP) is 0.593. The zero-order valence-corrected chi connectivity index (χ0v) is 5.33. The molecule has 0 aliphatic heterocycles. The molecular formula is C7H10N2+. The average molecular weight is 122 g/mol. The molecule has 0 aromatic carbocycles. The number of aryl methyl sites for hydroxylation is 1. The lowest BCUT2D eigenvalue weighted by Gasteiger charge is -1.85. The van der Waals surface area contributed by atoms with Crippen LogP contribution in [0.15, 0.2) is 24.5 Å². The Morgan fingerprint density at radius 3 is 2.89 bits per heavy atom. The Labute approximate surface area is 55.1 Å². The summed E-state index contributed by atoms with van der Waals surface area (Å²) >= 11 is 0. The molecule has 0 saturated heterocycles. The largest absolute Gasteiger partial charge is 0.196 e. The molecule has 9 heavy (non-hydrogen) atoms. The second-order valence-electron chi connectivity index (χ2n) is 1.82. The second-order valence-corrected chi connectivity index (χ2v) is 1.82. The summed E-state index contributed by atoms with van der Waals surface area (Å²) in [7, 11) is 0. The van der Waals surface area contributed by atoms with Crippen molar-refractivity contribution in [2.75, 3.05) is 0 Å². The molecule has 0 saturated carbocycles. The quantitative estimate of drug-likeness (QED) is 0.525. The minimum Gasteiger partial charge on any atom is -0.0913 e. The van der Waals surface area contributed by atoms with E-state index in [4.69, 9.17) is 0 Å². The molecule has 2 heteroatoms. The molecule has 1 heterocycles. The fraction of sp³-hybridized carbons (Fsp3) is 0.286. The first kappa shape index (κ1) is 6.20. The van der Waals surface area contributed by atoms with Crippen LogP contribution >= 0.6 is 0 Å². The van der Waals surface area contributed by atoms with Crippen LogP contribution in [0.3, 0.4) is 0 Å². The first-order valence-electron chi connectivity index (χ1n) is 3.03. The van der Waals surface area contributed by atoms with E-state index in [0.717, 1.165) is 13.0 Å². The highest BCUT2D eigenvalue weighted by molar-refractivity contribution is 4.76. The van der Waals surface area contributed by atoms with Gasteiger partial charge in [0.1, 0.15) is 0 Å². The minimum atomic E-state index is 0.891. The highest BCUT2D eigenvalue weighted by atomic mass is 15.2. The molecule has 0 N–H and O–H groups in total.